The molecule has 2 aromatic rings. The van der Waals surface area contributed by atoms with Gasteiger partial charge in [0, 0.05) is 39.5 Å². The van der Waals surface area contributed by atoms with Crippen LogP contribution in [0.5, 0.6) is 5.75 Å². The number of aliphatic hydroxyl groups excluding tert-OH is 1. The first kappa shape index (κ1) is 26.7. The molecule has 190 valence electrons. The number of ether oxygens (including phenoxy) is 3. The molecule has 0 aromatic heterocycles. The molecule has 0 saturated heterocycles. The van der Waals surface area contributed by atoms with Crippen molar-refractivity contribution in [3.63, 3.8) is 0 Å². The number of aliphatic hydroxyl groups is 1. The van der Waals surface area contributed by atoms with Crippen molar-refractivity contribution >= 4 is 15.9 Å². The van der Waals surface area contributed by atoms with E-state index >= 15 is 0 Å². The molecule has 2 atom stereocenters. The fraction of sp³-hybridized carbons (Fsp3) is 0.400. The van der Waals surface area contributed by atoms with Crippen molar-refractivity contribution in [2.24, 2.45) is 0 Å². The highest BCUT2D eigenvalue weighted by molar-refractivity contribution is 7.89. The maximum Gasteiger partial charge on any atom is 0.288 e. The Morgan fingerprint density at radius 3 is 2.37 bits per heavy atom. The van der Waals surface area contributed by atoms with Crippen LogP contribution in [0.3, 0.4) is 0 Å². The third kappa shape index (κ3) is 6.82. The second kappa shape index (κ2) is 12.2. The van der Waals surface area contributed by atoms with Gasteiger partial charge in [-0.2, -0.15) is 4.31 Å². The Morgan fingerprint density at radius 2 is 1.77 bits per heavy atom. The second-order valence-corrected chi connectivity index (χ2v) is 10.1. The van der Waals surface area contributed by atoms with Crippen molar-refractivity contribution in [3.05, 3.63) is 72.0 Å². The highest BCUT2D eigenvalue weighted by Gasteiger charge is 2.30. The van der Waals surface area contributed by atoms with Crippen LogP contribution in [-0.4, -0.2) is 82.4 Å². The molecule has 0 bridgehead atoms. The fourth-order valence-electron chi connectivity index (χ4n) is 3.71. The normalized spacial score (nSPS) is 18.0. The molecule has 0 saturated carbocycles. The van der Waals surface area contributed by atoms with Crippen molar-refractivity contribution in [1.29, 1.82) is 0 Å². The van der Waals surface area contributed by atoms with E-state index in [1.54, 1.807) is 32.3 Å². The predicted molar refractivity (Wildman–Crippen MR) is 130 cm³/mol. The summed E-state index contributed by atoms with van der Waals surface area (Å²) in [6.45, 7) is -0.397. The molecule has 1 heterocycles. The molecule has 2 aromatic carbocycles. The summed E-state index contributed by atoms with van der Waals surface area (Å²) in [7, 11) is 0.934. The van der Waals surface area contributed by atoms with Crippen LogP contribution in [-0.2, 0) is 24.3 Å². The van der Waals surface area contributed by atoms with E-state index in [0.29, 0.717) is 12.2 Å². The first-order valence-corrected chi connectivity index (χ1v) is 12.7. The zero-order valence-electron chi connectivity index (χ0n) is 20.2. The van der Waals surface area contributed by atoms with E-state index in [4.69, 9.17) is 14.2 Å². The summed E-state index contributed by atoms with van der Waals surface area (Å²) < 4.78 is 44.1. The lowest BCUT2D eigenvalue weighted by Crippen LogP contribution is -2.38. The zero-order valence-corrected chi connectivity index (χ0v) is 21.0. The van der Waals surface area contributed by atoms with Crippen molar-refractivity contribution in [1.82, 2.24) is 9.21 Å². The second-order valence-electron chi connectivity index (χ2n) is 8.20. The summed E-state index contributed by atoms with van der Waals surface area (Å²) in [5.74, 6) is 0.367. The van der Waals surface area contributed by atoms with Gasteiger partial charge >= 0.3 is 0 Å². The van der Waals surface area contributed by atoms with Crippen LogP contribution in [0.4, 0.5) is 0 Å². The molecule has 0 radical (unpaired) electrons. The number of amides is 1. The minimum absolute atomic E-state index is 0.00542. The first-order chi connectivity index (χ1) is 16.8. The minimum atomic E-state index is -3.86. The molecule has 9 nitrogen and oxygen atoms in total. The van der Waals surface area contributed by atoms with Gasteiger partial charge in [-0.15, -0.1) is 0 Å². The Bertz CT molecular complexity index is 1100. The van der Waals surface area contributed by atoms with Crippen LogP contribution in [0.25, 0.3) is 0 Å². The van der Waals surface area contributed by atoms with Gasteiger partial charge < -0.3 is 24.2 Å². The standard InChI is InChI=1S/C25H32N2O7S/c1-26(2)25(29)23-17-20(19-7-5-4-6-8-19)18-24(34-23)33-16-14-27(13-15-28)35(30,31)22-11-9-21(32-3)10-12-22/h4-12,17,20,24,28H,13-16,18H2,1-3H3/t20-,24+/m0/s1. The highest BCUT2D eigenvalue weighted by Crippen LogP contribution is 2.32. The molecule has 0 aliphatic carbocycles. The smallest absolute Gasteiger partial charge is 0.288 e. The van der Waals surface area contributed by atoms with Gasteiger partial charge in [0.15, 0.2) is 5.76 Å². The molecule has 1 aliphatic heterocycles. The topological polar surface area (TPSA) is 106 Å². The zero-order chi connectivity index (χ0) is 25.4. The monoisotopic (exact) mass is 504 g/mol. The quantitative estimate of drug-likeness (QED) is 0.500. The summed E-state index contributed by atoms with van der Waals surface area (Å²) >= 11 is 0. The third-order valence-corrected chi connectivity index (χ3v) is 7.51. The third-order valence-electron chi connectivity index (χ3n) is 5.59. The average molecular weight is 505 g/mol. The summed E-state index contributed by atoms with van der Waals surface area (Å²) in [6.07, 6.45) is 1.53. The van der Waals surface area contributed by atoms with Gasteiger partial charge in [-0.3, -0.25) is 4.79 Å². The number of benzene rings is 2. The van der Waals surface area contributed by atoms with Gasteiger partial charge in [0.1, 0.15) is 5.75 Å². The Morgan fingerprint density at radius 1 is 1.09 bits per heavy atom. The van der Waals surface area contributed by atoms with E-state index in [2.05, 4.69) is 0 Å². The molecular weight excluding hydrogens is 472 g/mol. The van der Waals surface area contributed by atoms with E-state index in [-0.39, 0.29) is 48.8 Å². The molecule has 0 spiro atoms. The number of rotatable bonds is 11. The van der Waals surface area contributed by atoms with Gasteiger partial charge in [-0.1, -0.05) is 30.3 Å². The largest absolute Gasteiger partial charge is 0.497 e. The molecular formula is C25H32N2O7S. The summed E-state index contributed by atoms with van der Waals surface area (Å²) in [5, 5.41) is 9.44. The van der Waals surface area contributed by atoms with Crippen LogP contribution < -0.4 is 4.74 Å². The number of hydrogen-bond donors (Lipinski definition) is 1. The predicted octanol–water partition coefficient (Wildman–Crippen LogP) is 2.20. The summed E-state index contributed by atoms with van der Waals surface area (Å²) in [5.41, 5.74) is 1.03. The maximum absolute atomic E-state index is 13.1. The highest BCUT2D eigenvalue weighted by atomic mass is 32.2. The summed E-state index contributed by atoms with van der Waals surface area (Å²) in [6, 6.07) is 15.8. The molecule has 1 amide bonds. The number of likely N-dealkylation sites (N-methyl/N-ethyl adjacent to an activating group) is 1. The van der Waals surface area contributed by atoms with Crippen LogP contribution in [0.1, 0.15) is 17.9 Å². The number of nitrogens with zero attached hydrogens (tertiary/aromatic N) is 2. The van der Waals surface area contributed by atoms with E-state index in [1.165, 1.54) is 24.1 Å². The number of hydrogen-bond acceptors (Lipinski definition) is 7. The molecule has 0 unspecified atom stereocenters. The van der Waals surface area contributed by atoms with Crippen LogP contribution in [0, 0.1) is 0 Å². The van der Waals surface area contributed by atoms with Gasteiger partial charge in [-0.05, 0) is 35.9 Å². The van der Waals surface area contributed by atoms with Crippen molar-refractivity contribution in [3.8, 4) is 5.75 Å². The van der Waals surface area contributed by atoms with Gasteiger partial charge in [-0.25, -0.2) is 8.42 Å². The minimum Gasteiger partial charge on any atom is -0.497 e. The van der Waals surface area contributed by atoms with Crippen LogP contribution in [0.15, 0.2) is 71.3 Å². The Kier molecular flexibility index (Phi) is 9.27. The van der Waals surface area contributed by atoms with Crippen LogP contribution in [0.2, 0.25) is 0 Å². The molecule has 35 heavy (non-hydrogen) atoms. The molecule has 0 fully saturated rings. The lowest BCUT2D eigenvalue weighted by molar-refractivity contribution is -0.151. The van der Waals surface area contributed by atoms with Crippen molar-refractivity contribution < 1.29 is 32.5 Å². The molecule has 1 N–H and O–H groups in total. The number of sulfonamides is 1. The van der Waals surface area contributed by atoms with E-state index < -0.39 is 16.3 Å². The Labute approximate surface area is 206 Å². The average Bonchev–Trinajstić information content (AvgIpc) is 2.88. The fourth-order valence-corrected chi connectivity index (χ4v) is 5.13. The lowest BCUT2D eigenvalue weighted by atomic mass is 9.93. The Hall–Kier alpha value is -2.92. The lowest BCUT2D eigenvalue weighted by Gasteiger charge is -2.31. The first-order valence-electron chi connectivity index (χ1n) is 11.3. The van der Waals surface area contributed by atoms with Crippen LogP contribution >= 0.6 is 0 Å². The van der Waals surface area contributed by atoms with E-state index in [0.717, 1.165) is 9.87 Å². The van der Waals surface area contributed by atoms with E-state index in [1.807, 2.05) is 30.3 Å². The SMILES string of the molecule is COc1ccc(S(=O)(=O)N(CCO)CCO[C@H]2C[C@@H](c3ccccc3)C=C(C(=O)N(C)C)O2)cc1. The number of carbonyl (C=O) groups excluding carboxylic acids is 1. The number of allylic oxidation sites excluding steroid dienone is 1. The number of carbonyl (C=O) groups is 1. The molecule has 1 aliphatic rings. The van der Waals surface area contributed by atoms with Crippen molar-refractivity contribution in [2.75, 3.05) is 47.5 Å². The Balaban J connectivity index is 1.70. The van der Waals surface area contributed by atoms with Gasteiger partial charge in [0.2, 0.25) is 16.3 Å². The van der Waals surface area contributed by atoms with Gasteiger partial charge in [0.25, 0.3) is 5.91 Å². The van der Waals surface area contributed by atoms with E-state index in [9.17, 15) is 18.3 Å². The number of methoxy groups -OCH3 is 1. The molecule has 3 rings (SSSR count). The van der Waals surface area contributed by atoms with Gasteiger partial charge in [0.05, 0.1) is 25.2 Å². The van der Waals surface area contributed by atoms with Crippen molar-refractivity contribution in [2.45, 2.75) is 23.5 Å². The summed E-state index contributed by atoms with van der Waals surface area (Å²) in [4.78, 5) is 14.1. The molecule has 10 heteroatoms. The maximum atomic E-state index is 13.1.